The molecule has 0 radical (unpaired) electrons. The van der Waals surface area contributed by atoms with E-state index in [4.69, 9.17) is 19.9 Å². The first kappa shape index (κ1) is 86.6. The van der Waals surface area contributed by atoms with Gasteiger partial charge in [0.2, 0.25) is 53.2 Å². The summed E-state index contributed by atoms with van der Waals surface area (Å²) >= 11 is 1.34. The number of carbonyl (C=O) groups is 12. The smallest absolute Gasteiger partial charge is 0.410 e. The van der Waals surface area contributed by atoms with Gasteiger partial charge in [-0.3, -0.25) is 57.7 Å². The van der Waals surface area contributed by atoms with Crippen LogP contribution in [0.2, 0.25) is 0 Å². The molecule has 12 atom stereocenters. The maximum Gasteiger partial charge on any atom is 0.410 e. The molecule has 1 saturated carbocycles. The molecule has 1 aliphatic carbocycles. The number of ether oxygens (including phenoxy) is 3. The van der Waals surface area contributed by atoms with Crippen molar-refractivity contribution in [1.82, 2.24) is 46.2 Å². The highest BCUT2D eigenvalue weighted by Gasteiger charge is 2.48. The number of methoxy groups -OCH3 is 2. The normalized spacial score (nSPS) is 18.9. The van der Waals surface area contributed by atoms with E-state index in [2.05, 4.69) is 31.9 Å². The van der Waals surface area contributed by atoms with Crippen molar-refractivity contribution in [2.75, 3.05) is 65.6 Å². The number of amides is 12. The highest BCUT2D eigenvalue weighted by atomic mass is 32.2. The van der Waals surface area contributed by atoms with Gasteiger partial charge in [-0.2, -0.15) is 0 Å². The Morgan fingerprint density at radius 3 is 2.00 bits per heavy atom. The van der Waals surface area contributed by atoms with E-state index in [9.17, 15) is 76.5 Å². The summed E-state index contributed by atoms with van der Waals surface area (Å²) in [6.07, 6.45) is -0.0222. The Hall–Kier alpha value is -8.03. The topological polar surface area (TPSA) is 384 Å². The van der Waals surface area contributed by atoms with E-state index in [0.717, 1.165) is 29.9 Å². The van der Waals surface area contributed by atoms with Gasteiger partial charge >= 0.3 is 18.1 Å². The second-order valence-corrected chi connectivity index (χ2v) is 30.1. The number of aliphatic hydroxyl groups is 1. The second kappa shape index (κ2) is 41.0. The molecule has 10 N–H and O–H groups in total. The first-order chi connectivity index (χ1) is 49.1. The van der Waals surface area contributed by atoms with E-state index in [-0.39, 0.29) is 113 Å². The number of nitrogens with two attached hydrogens (primary N) is 1. The maximum atomic E-state index is 14.8. The Balaban J connectivity index is 1.15. The van der Waals surface area contributed by atoms with E-state index >= 15 is 0 Å². The molecule has 104 heavy (non-hydrogen) atoms. The third kappa shape index (κ3) is 25.1. The van der Waals surface area contributed by atoms with Gasteiger partial charge in [0.05, 0.1) is 54.4 Å². The predicted molar refractivity (Wildman–Crippen MR) is 384 cm³/mol. The Morgan fingerprint density at radius 2 is 1.42 bits per heavy atom. The number of nitrogens with one attached hydrogen (secondary N) is 6. The van der Waals surface area contributed by atoms with E-state index in [0.29, 0.717) is 42.7 Å². The standard InChI is InChI=1S/C73H111F2N11O17S/c1-14-44(8)63(54(101-12)35-57(89)86-38-48(87)34-53(86)64(102-13)45(9)65(93)77-32-28-49-50(74)20-18-21-51(49)75)83(10)70(98)61(42(4)5)82-68(96)62(43(6)7)84(11)72(100)103-39-46-24-26-47(27-25-46)79-66(94)52(22-19-31-78-71(76)99)80-67(95)60(41(2)3)81-56(88)23-16-15-17-33-85-58(90)36-55(69(85)97)104-40-73(29-30-73)37-59(91)92/h18,20-21,24-27,41-45,48,52-55,60-64,87H,14-17,19,22-23,28-40H2,1-13H3,(H,77,93)(H,79,94)(H,80,95)(H,81,88)(H,82,96)(H,91,92)(H3,76,78,99)/t44-,45+,48-,52-,53-,54+,55?,60-,61-,62-,63?,64+/m0/s1. The number of likely N-dealkylation sites (tertiary alicyclic amines) is 2. The zero-order valence-electron chi connectivity index (χ0n) is 62.4. The Bertz CT molecular complexity index is 3270. The van der Waals surface area contributed by atoms with Crippen LogP contribution >= 0.6 is 11.8 Å². The molecular formula is C73H111F2N11O17S. The summed E-state index contributed by atoms with van der Waals surface area (Å²) in [7, 11) is 5.78. The van der Waals surface area contributed by atoms with Crippen LogP contribution in [0, 0.1) is 46.6 Å². The lowest BCUT2D eigenvalue weighted by Crippen LogP contribution is -2.60. The number of carboxylic acid groups (broad SMARTS) is 1. The maximum absolute atomic E-state index is 14.8. The van der Waals surface area contributed by atoms with Gasteiger partial charge in [-0.05, 0) is 110 Å². The third-order valence-corrected chi connectivity index (χ3v) is 21.4. The quantitative estimate of drug-likeness (QED) is 0.0286. The summed E-state index contributed by atoms with van der Waals surface area (Å²) in [6.45, 7) is 15.7. The lowest BCUT2D eigenvalue weighted by atomic mass is 9.89. The molecule has 0 bridgehead atoms. The number of β-amino-alcohol motifs (C(OH)–C–C–N with tert-alkyl or cyclic N) is 1. The number of urea groups is 1. The SMILES string of the molecule is CC[C@H](C)C([C@@H](CC(=O)N1C[C@@H](O)C[C@H]1[C@H](OC)[C@@H](C)C(=O)NCCc1c(F)cccc1F)OC)N(C)C(=O)[C@@H](NC(=O)[C@H](C(C)C)N(C)C(=O)OCc1ccc(NC(=O)[C@H](CCCNC(N)=O)NC(=O)[C@@H](NC(=O)CCCCCN2C(=O)CC(SCC3(CC(=O)O)CC3)C2=O)C(C)C)cc1)C(C)C. The lowest BCUT2D eigenvalue weighted by molar-refractivity contribution is -0.148. The van der Waals surface area contributed by atoms with Crippen LogP contribution in [0.4, 0.5) is 24.1 Å². The fourth-order valence-electron chi connectivity index (χ4n) is 13.4. The zero-order valence-corrected chi connectivity index (χ0v) is 63.2. The number of carboxylic acids is 1. The minimum Gasteiger partial charge on any atom is -0.481 e. The summed E-state index contributed by atoms with van der Waals surface area (Å²) in [5.41, 5.74) is 5.58. The van der Waals surface area contributed by atoms with Crippen molar-refractivity contribution in [1.29, 1.82) is 0 Å². The number of thioether (sulfide) groups is 1. The first-order valence-corrected chi connectivity index (χ1v) is 37.0. The van der Waals surface area contributed by atoms with Crippen LogP contribution in [0.15, 0.2) is 42.5 Å². The highest BCUT2D eigenvalue weighted by molar-refractivity contribution is 8.00. The molecule has 3 aliphatic rings. The van der Waals surface area contributed by atoms with E-state index in [1.165, 1.54) is 53.8 Å². The van der Waals surface area contributed by atoms with Crippen molar-refractivity contribution in [3.05, 3.63) is 65.2 Å². The van der Waals surface area contributed by atoms with E-state index in [1.54, 1.807) is 79.8 Å². The van der Waals surface area contributed by atoms with E-state index < -0.39 is 155 Å². The molecule has 580 valence electrons. The third-order valence-electron chi connectivity index (χ3n) is 19.9. The van der Waals surface area contributed by atoms with Gasteiger partial charge in [0.25, 0.3) is 0 Å². The molecule has 2 aromatic rings. The molecule has 31 heteroatoms. The van der Waals surface area contributed by atoms with Crippen LogP contribution in [0.5, 0.6) is 0 Å². The Labute approximate surface area is 613 Å². The van der Waals surface area contributed by atoms with Gasteiger partial charge in [0.15, 0.2) is 0 Å². The van der Waals surface area contributed by atoms with Gasteiger partial charge in [-0.15, -0.1) is 11.8 Å². The van der Waals surface area contributed by atoms with Gasteiger partial charge in [-0.1, -0.05) is 93.4 Å². The molecule has 2 aromatic carbocycles. The number of imide groups is 1. The van der Waals surface area contributed by atoms with Crippen LogP contribution in [0.1, 0.15) is 157 Å². The Morgan fingerprint density at radius 1 is 0.769 bits per heavy atom. The van der Waals surface area contributed by atoms with Gasteiger partial charge < -0.3 is 71.9 Å². The number of anilines is 1. The number of nitrogens with zero attached hydrogens (tertiary/aromatic N) is 4. The predicted octanol–water partition coefficient (Wildman–Crippen LogP) is 5.64. The number of aliphatic carboxylic acids is 1. The number of rotatable bonds is 43. The molecule has 2 heterocycles. The second-order valence-electron chi connectivity index (χ2n) is 28.9. The number of hydrogen-bond donors (Lipinski definition) is 9. The molecule has 2 unspecified atom stereocenters. The van der Waals surface area contributed by atoms with Crippen molar-refractivity contribution < 1.29 is 90.7 Å². The van der Waals surface area contributed by atoms with E-state index in [1.807, 2.05) is 13.8 Å². The van der Waals surface area contributed by atoms with Crippen molar-refractivity contribution in [2.24, 2.45) is 40.7 Å². The molecule has 5 rings (SSSR count). The summed E-state index contributed by atoms with van der Waals surface area (Å²) in [4.78, 5) is 166. The van der Waals surface area contributed by atoms with Crippen LogP contribution in [0.25, 0.3) is 0 Å². The summed E-state index contributed by atoms with van der Waals surface area (Å²) in [5.74, 6) is -8.68. The fraction of sp³-hybridized carbons (Fsp3) is 0.671. The molecule has 2 saturated heterocycles. The fourth-order valence-corrected chi connectivity index (χ4v) is 14.9. The van der Waals surface area contributed by atoms with Crippen molar-refractivity contribution in [3.8, 4) is 0 Å². The molecular weight excluding hydrogens is 1370 g/mol. The van der Waals surface area contributed by atoms with Crippen LogP contribution in [0.3, 0.4) is 0 Å². The first-order valence-electron chi connectivity index (χ1n) is 36.0. The molecule has 2 aliphatic heterocycles. The molecule has 0 aromatic heterocycles. The number of aliphatic hydroxyl groups excluding tert-OH is 1. The van der Waals surface area contributed by atoms with Crippen LogP contribution in [-0.4, -0.2) is 221 Å². The Kier molecular flexibility index (Phi) is 34.2. The minimum absolute atomic E-state index is 0.0376. The number of halogens is 2. The van der Waals surface area contributed by atoms with Crippen molar-refractivity contribution >= 4 is 88.7 Å². The lowest BCUT2D eigenvalue weighted by Gasteiger charge is -2.41. The van der Waals surface area contributed by atoms with Crippen LogP contribution < -0.4 is 37.6 Å². The largest absolute Gasteiger partial charge is 0.481 e. The van der Waals surface area contributed by atoms with Crippen molar-refractivity contribution in [3.63, 3.8) is 0 Å². The summed E-state index contributed by atoms with van der Waals surface area (Å²) in [5, 5.41) is 36.0. The number of primary amides is 1. The molecule has 28 nitrogen and oxygen atoms in total. The number of hydrogen-bond acceptors (Lipinski definition) is 17. The van der Waals surface area contributed by atoms with Gasteiger partial charge in [0.1, 0.15) is 42.4 Å². The average Bonchev–Trinajstić information content (AvgIpc) is 1.70. The monoisotopic (exact) mass is 1480 g/mol. The summed E-state index contributed by atoms with van der Waals surface area (Å²) in [6, 6.07) is 3.06. The molecule has 0 spiro atoms. The molecule has 3 fully saturated rings. The number of unbranched alkanes of at least 4 members (excludes halogenated alkanes) is 2. The average molecular weight is 1480 g/mol. The molecule has 12 amide bonds. The number of benzene rings is 2. The van der Waals surface area contributed by atoms with Gasteiger partial charge in [0, 0.05) is 84.3 Å². The zero-order chi connectivity index (χ0) is 77.4. The summed E-state index contributed by atoms with van der Waals surface area (Å²) < 4.78 is 46.2. The van der Waals surface area contributed by atoms with Crippen LogP contribution in [-0.2, 0) is 75.2 Å². The number of carbonyl (C=O) groups excluding carboxylic acids is 11. The minimum atomic E-state index is -1.15. The van der Waals surface area contributed by atoms with Gasteiger partial charge in [-0.25, -0.2) is 18.4 Å². The van der Waals surface area contributed by atoms with Crippen molar-refractivity contribution in [2.45, 2.75) is 219 Å². The number of likely N-dealkylation sites (N-methyl/N-ethyl adjacent to an activating group) is 2. The highest BCUT2D eigenvalue weighted by Crippen LogP contribution is 2.52.